The third-order valence-electron chi connectivity index (χ3n) is 2.50. The summed E-state index contributed by atoms with van der Waals surface area (Å²) in [6, 6.07) is 1.26. The van der Waals surface area contributed by atoms with E-state index >= 15 is 0 Å². The Labute approximate surface area is 85.3 Å². The number of nitrogens with zero attached hydrogens (tertiary/aromatic N) is 2. The Morgan fingerprint density at radius 3 is 2.87 bits per heavy atom. The van der Waals surface area contributed by atoms with Crippen molar-refractivity contribution in [3.8, 4) is 0 Å². The molecule has 2 heterocycles. The molecule has 1 aromatic heterocycles. The molecule has 0 aromatic carbocycles. The predicted octanol–water partition coefficient (Wildman–Crippen LogP) is 1.65. The van der Waals surface area contributed by atoms with Crippen molar-refractivity contribution in [3.63, 3.8) is 0 Å². The molecular weight excluding hydrogens is 207 g/mol. The molecule has 0 aliphatic carbocycles. The highest BCUT2D eigenvalue weighted by Gasteiger charge is 2.33. The van der Waals surface area contributed by atoms with E-state index in [9.17, 15) is 13.2 Å². The van der Waals surface area contributed by atoms with Crippen molar-refractivity contribution in [3.05, 3.63) is 18.0 Å². The third kappa shape index (κ3) is 2.50. The number of aromatic nitrogens is 2. The first kappa shape index (κ1) is 10.5. The molecule has 3 nitrogen and oxygen atoms in total. The fourth-order valence-corrected chi connectivity index (χ4v) is 1.75. The van der Waals surface area contributed by atoms with E-state index in [4.69, 9.17) is 0 Å². The highest BCUT2D eigenvalue weighted by Crippen LogP contribution is 2.27. The summed E-state index contributed by atoms with van der Waals surface area (Å²) < 4.78 is 38.0. The van der Waals surface area contributed by atoms with Gasteiger partial charge in [-0.3, -0.25) is 4.68 Å². The predicted molar refractivity (Wildman–Crippen MR) is 48.3 cm³/mol. The smallest absolute Gasteiger partial charge is 0.312 e. The molecule has 0 amide bonds. The molecule has 1 fully saturated rings. The van der Waals surface area contributed by atoms with E-state index in [1.165, 1.54) is 10.9 Å². The van der Waals surface area contributed by atoms with Crippen molar-refractivity contribution in [1.82, 2.24) is 15.1 Å². The maximum atomic E-state index is 12.2. The lowest BCUT2D eigenvalue weighted by molar-refractivity contribution is -0.141. The molecule has 2 rings (SSSR count). The molecular formula is C9H12F3N3. The van der Waals surface area contributed by atoms with E-state index in [1.807, 2.05) is 0 Å². The summed E-state index contributed by atoms with van der Waals surface area (Å²) in [6.07, 6.45) is -0.879. The normalized spacial score (nSPS) is 22.2. The van der Waals surface area contributed by atoms with E-state index in [2.05, 4.69) is 10.4 Å². The first-order valence-corrected chi connectivity index (χ1v) is 4.90. The summed E-state index contributed by atoms with van der Waals surface area (Å²) in [5, 5.41) is 6.71. The van der Waals surface area contributed by atoms with Crippen molar-refractivity contribution in [2.45, 2.75) is 31.6 Å². The Bertz CT molecular complexity index is 326. The van der Waals surface area contributed by atoms with Gasteiger partial charge in [-0.1, -0.05) is 0 Å². The Morgan fingerprint density at radius 2 is 2.33 bits per heavy atom. The van der Waals surface area contributed by atoms with Gasteiger partial charge in [-0.2, -0.15) is 18.3 Å². The highest BCUT2D eigenvalue weighted by atomic mass is 19.4. The monoisotopic (exact) mass is 219 g/mol. The quantitative estimate of drug-likeness (QED) is 0.819. The number of halogens is 3. The Balaban J connectivity index is 2.00. The van der Waals surface area contributed by atoms with Gasteiger partial charge in [0.1, 0.15) is 0 Å². The van der Waals surface area contributed by atoms with Crippen molar-refractivity contribution in [1.29, 1.82) is 0 Å². The van der Waals surface area contributed by atoms with E-state index in [0.29, 0.717) is 6.54 Å². The molecule has 15 heavy (non-hydrogen) atoms. The number of rotatable bonds is 2. The minimum absolute atomic E-state index is 0.256. The fourth-order valence-electron chi connectivity index (χ4n) is 1.75. The summed E-state index contributed by atoms with van der Waals surface area (Å²) in [7, 11) is 0. The van der Waals surface area contributed by atoms with Crippen molar-refractivity contribution in [2.24, 2.45) is 0 Å². The largest absolute Gasteiger partial charge is 0.435 e. The zero-order valence-electron chi connectivity index (χ0n) is 8.09. The number of hydrogen-bond acceptors (Lipinski definition) is 2. The van der Waals surface area contributed by atoms with Gasteiger partial charge in [0.25, 0.3) is 0 Å². The van der Waals surface area contributed by atoms with Gasteiger partial charge in [-0.05, 0) is 25.5 Å². The fraction of sp³-hybridized carbons (Fsp3) is 0.667. The van der Waals surface area contributed by atoms with Crippen molar-refractivity contribution in [2.75, 3.05) is 6.54 Å². The maximum Gasteiger partial charge on any atom is 0.435 e. The summed E-state index contributed by atoms with van der Waals surface area (Å²) in [5.74, 6) is 0. The molecule has 0 radical (unpaired) electrons. The molecule has 0 bridgehead atoms. The van der Waals surface area contributed by atoms with Crippen molar-refractivity contribution < 1.29 is 13.2 Å². The van der Waals surface area contributed by atoms with Crippen LogP contribution in [0, 0.1) is 0 Å². The standard InChI is InChI=1S/C9H12F3N3/c10-9(11,12)8-3-5-15(14-8)6-7-2-1-4-13-7/h3,5,7,13H,1-2,4,6H2/t7-/m0/s1. The van der Waals surface area contributed by atoms with Crippen LogP contribution < -0.4 is 5.32 Å². The van der Waals surface area contributed by atoms with Crippen LogP contribution in [0.2, 0.25) is 0 Å². The van der Waals surface area contributed by atoms with E-state index in [-0.39, 0.29) is 6.04 Å². The summed E-state index contributed by atoms with van der Waals surface area (Å²) in [6.45, 7) is 1.45. The summed E-state index contributed by atoms with van der Waals surface area (Å²) in [5.41, 5.74) is -0.819. The van der Waals surface area contributed by atoms with Gasteiger partial charge in [0.05, 0.1) is 6.54 Å². The second-order valence-electron chi connectivity index (χ2n) is 3.71. The zero-order chi connectivity index (χ0) is 10.9. The molecule has 0 spiro atoms. The molecule has 84 valence electrons. The van der Waals surface area contributed by atoms with Gasteiger partial charge in [-0.15, -0.1) is 0 Å². The first-order valence-electron chi connectivity index (χ1n) is 4.90. The summed E-state index contributed by atoms with van der Waals surface area (Å²) in [4.78, 5) is 0. The van der Waals surface area contributed by atoms with Crippen LogP contribution >= 0.6 is 0 Å². The second kappa shape index (κ2) is 3.84. The van der Waals surface area contributed by atoms with E-state index in [0.717, 1.165) is 25.5 Å². The zero-order valence-corrected chi connectivity index (χ0v) is 8.09. The van der Waals surface area contributed by atoms with Crippen LogP contribution in [0.1, 0.15) is 18.5 Å². The lowest BCUT2D eigenvalue weighted by atomic mass is 10.2. The molecule has 0 unspecified atom stereocenters. The van der Waals surface area contributed by atoms with Crippen molar-refractivity contribution >= 4 is 0 Å². The van der Waals surface area contributed by atoms with Crippen LogP contribution in [0.15, 0.2) is 12.3 Å². The molecule has 1 aliphatic rings. The molecule has 0 saturated carbocycles. The van der Waals surface area contributed by atoms with Crippen LogP contribution in [0.25, 0.3) is 0 Å². The minimum atomic E-state index is -4.34. The van der Waals surface area contributed by atoms with Gasteiger partial charge >= 0.3 is 6.18 Å². The number of alkyl halides is 3. The molecule has 1 saturated heterocycles. The second-order valence-corrected chi connectivity index (χ2v) is 3.71. The van der Waals surface area contributed by atoms with Gasteiger partial charge in [0.15, 0.2) is 5.69 Å². The van der Waals surface area contributed by atoms with Crippen LogP contribution in [-0.4, -0.2) is 22.4 Å². The average molecular weight is 219 g/mol. The average Bonchev–Trinajstić information content (AvgIpc) is 2.73. The van der Waals surface area contributed by atoms with Crippen LogP contribution in [0.4, 0.5) is 13.2 Å². The molecule has 6 heteroatoms. The molecule has 1 N–H and O–H groups in total. The molecule has 1 aliphatic heterocycles. The van der Waals surface area contributed by atoms with Gasteiger partial charge in [0, 0.05) is 12.2 Å². The maximum absolute atomic E-state index is 12.2. The van der Waals surface area contributed by atoms with Gasteiger partial charge in [-0.25, -0.2) is 0 Å². The van der Waals surface area contributed by atoms with E-state index < -0.39 is 11.9 Å². The topological polar surface area (TPSA) is 29.9 Å². The Morgan fingerprint density at radius 1 is 1.53 bits per heavy atom. The summed E-state index contributed by atoms with van der Waals surface area (Å²) >= 11 is 0. The minimum Gasteiger partial charge on any atom is -0.312 e. The Kier molecular flexibility index (Phi) is 2.68. The molecule has 1 aromatic rings. The Hall–Kier alpha value is -1.04. The third-order valence-corrected chi connectivity index (χ3v) is 2.50. The van der Waals surface area contributed by atoms with Gasteiger partial charge < -0.3 is 5.32 Å². The van der Waals surface area contributed by atoms with Crippen LogP contribution in [-0.2, 0) is 12.7 Å². The number of nitrogens with one attached hydrogen (secondary N) is 1. The van der Waals surface area contributed by atoms with Crippen LogP contribution in [0.3, 0.4) is 0 Å². The number of hydrogen-bond donors (Lipinski definition) is 1. The lowest BCUT2D eigenvalue weighted by Gasteiger charge is -2.09. The lowest BCUT2D eigenvalue weighted by Crippen LogP contribution is -2.27. The first-order chi connectivity index (χ1) is 7.05. The van der Waals surface area contributed by atoms with Gasteiger partial charge in [0.2, 0.25) is 0 Å². The van der Waals surface area contributed by atoms with Crippen LogP contribution in [0.5, 0.6) is 0 Å². The van der Waals surface area contributed by atoms with E-state index in [1.54, 1.807) is 0 Å². The highest BCUT2D eigenvalue weighted by molar-refractivity contribution is 5.03. The SMILES string of the molecule is FC(F)(F)c1ccn(C[C@@H]2CCCN2)n1. The molecule has 1 atom stereocenters.